The lowest BCUT2D eigenvalue weighted by molar-refractivity contribution is -0.293. The molecule has 1 aromatic carbocycles. The van der Waals surface area contributed by atoms with Crippen molar-refractivity contribution in [2.45, 2.75) is 44.5 Å². The van der Waals surface area contributed by atoms with Crippen LogP contribution in [-0.2, 0) is 0 Å². The number of nitrogens with one attached hydrogen (secondary N) is 1. The van der Waals surface area contributed by atoms with E-state index in [9.17, 15) is 22.0 Å². The van der Waals surface area contributed by atoms with Crippen LogP contribution in [0.25, 0.3) is 0 Å². The van der Waals surface area contributed by atoms with Gasteiger partial charge in [-0.05, 0) is 18.9 Å². The number of halogens is 6. The SMILES string of the molecule is CCC(NC(C)c1ccccc1)C(F)(F)C(F)(F)F.Cl. The van der Waals surface area contributed by atoms with Crippen LogP contribution in [0.4, 0.5) is 22.0 Å². The Morgan fingerprint density at radius 1 is 1.05 bits per heavy atom. The summed E-state index contributed by atoms with van der Waals surface area (Å²) in [7, 11) is 0. The highest BCUT2D eigenvalue weighted by Crippen LogP contribution is 2.39. The third-order valence-corrected chi connectivity index (χ3v) is 2.97. The van der Waals surface area contributed by atoms with Crippen molar-refractivity contribution in [2.24, 2.45) is 0 Å². The molecule has 0 bridgehead atoms. The maximum Gasteiger partial charge on any atom is 0.454 e. The summed E-state index contributed by atoms with van der Waals surface area (Å²) in [4.78, 5) is 0. The minimum Gasteiger partial charge on any atom is -0.302 e. The monoisotopic (exact) mass is 317 g/mol. The molecular weight excluding hydrogens is 301 g/mol. The molecule has 2 unspecified atom stereocenters. The predicted molar refractivity (Wildman–Crippen MR) is 70.3 cm³/mol. The Bertz CT molecular complexity index is 393. The van der Waals surface area contributed by atoms with Crippen LogP contribution in [0.15, 0.2) is 30.3 Å². The van der Waals surface area contributed by atoms with Gasteiger partial charge in [0.05, 0.1) is 6.04 Å². The van der Waals surface area contributed by atoms with Crippen molar-refractivity contribution < 1.29 is 22.0 Å². The van der Waals surface area contributed by atoms with Crippen molar-refractivity contribution in [3.63, 3.8) is 0 Å². The molecule has 1 nitrogen and oxygen atoms in total. The van der Waals surface area contributed by atoms with Crippen LogP contribution in [0.1, 0.15) is 31.9 Å². The highest BCUT2D eigenvalue weighted by Gasteiger charge is 2.61. The lowest BCUT2D eigenvalue weighted by atomic mass is 10.0. The average molecular weight is 318 g/mol. The highest BCUT2D eigenvalue weighted by atomic mass is 35.5. The van der Waals surface area contributed by atoms with E-state index in [1.807, 2.05) is 0 Å². The summed E-state index contributed by atoms with van der Waals surface area (Å²) >= 11 is 0. The Labute approximate surface area is 121 Å². The van der Waals surface area contributed by atoms with Crippen molar-refractivity contribution >= 4 is 12.4 Å². The quantitative estimate of drug-likeness (QED) is 0.774. The van der Waals surface area contributed by atoms with E-state index >= 15 is 0 Å². The maximum atomic E-state index is 13.3. The number of hydrogen-bond donors (Lipinski definition) is 1. The fourth-order valence-electron chi connectivity index (χ4n) is 1.82. The standard InChI is InChI=1S/C13H16F5N.ClH/c1-3-11(12(14,15)13(16,17)18)19-9(2)10-7-5-4-6-8-10;/h4-9,11,19H,3H2,1-2H3;1H. The van der Waals surface area contributed by atoms with E-state index in [-0.39, 0.29) is 18.8 Å². The lowest BCUT2D eigenvalue weighted by Gasteiger charge is -2.31. The molecule has 0 aliphatic carbocycles. The Balaban J connectivity index is 0.00000361. The van der Waals surface area contributed by atoms with Crippen LogP contribution in [0.5, 0.6) is 0 Å². The van der Waals surface area contributed by atoms with E-state index < -0.39 is 24.2 Å². The topological polar surface area (TPSA) is 12.0 Å². The fourth-order valence-corrected chi connectivity index (χ4v) is 1.82. The van der Waals surface area contributed by atoms with Crippen molar-refractivity contribution in [3.8, 4) is 0 Å². The molecule has 2 atom stereocenters. The number of rotatable bonds is 5. The summed E-state index contributed by atoms with van der Waals surface area (Å²) < 4.78 is 63.6. The first-order valence-corrected chi connectivity index (χ1v) is 5.95. The van der Waals surface area contributed by atoms with Crippen LogP contribution < -0.4 is 5.32 Å². The Hall–Kier alpha value is -0.880. The summed E-state index contributed by atoms with van der Waals surface area (Å²) in [5.74, 6) is -4.75. The predicted octanol–water partition coefficient (Wildman–Crippen LogP) is 4.74. The third-order valence-electron chi connectivity index (χ3n) is 2.97. The summed E-state index contributed by atoms with van der Waals surface area (Å²) in [6.07, 6.45) is -5.86. The van der Waals surface area contributed by atoms with Crippen LogP contribution in [0, 0.1) is 0 Å². The van der Waals surface area contributed by atoms with Gasteiger partial charge in [0.1, 0.15) is 0 Å². The molecule has 116 valence electrons. The average Bonchev–Trinajstić information content (AvgIpc) is 2.35. The largest absolute Gasteiger partial charge is 0.454 e. The minimum absolute atomic E-state index is 0. The first-order chi connectivity index (χ1) is 8.70. The molecule has 0 fully saturated rings. The van der Waals surface area contributed by atoms with Gasteiger partial charge in [-0.25, -0.2) is 0 Å². The van der Waals surface area contributed by atoms with E-state index in [0.717, 1.165) is 0 Å². The van der Waals surface area contributed by atoms with Crippen LogP contribution >= 0.6 is 12.4 Å². The molecule has 7 heteroatoms. The van der Waals surface area contributed by atoms with Gasteiger partial charge in [-0.2, -0.15) is 22.0 Å². The Kier molecular flexibility index (Phi) is 6.90. The molecule has 0 aliphatic heterocycles. The van der Waals surface area contributed by atoms with Gasteiger partial charge in [-0.1, -0.05) is 37.3 Å². The first kappa shape index (κ1) is 19.1. The normalized spacial score (nSPS) is 15.3. The number of hydrogen-bond acceptors (Lipinski definition) is 1. The van der Waals surface area contributed by atoms with Crippen molar-refractivity contribution in [3.05, 3.63) is 35.9 Å². The van der Waals surface area contributed by atoms with Gasteiger partial charge >= 0.3 is 12.1 Å². The molecule has 1 aromatic rings. The lowest BCUT2D eigenvalue weighted by Crippen LogP contribution is -2.54. The maximum absolute atomic E-state index is 13.3. The molecule has 0 saturated carbocycles. The van der Waals surface area contributed by atoms with E-state index in [4.69, 9.17) is 0 Å². The summed E-state index contributed by atoms with van der Waals surface area (Å²) in [6.45, 7) is 2.86. The molecule has 0 amide bonds. The minimum atomic E-state index is -5.54. The zero-order valence-electron chi connectivity index (χ0n) is 11.0. The highest BCUT2D eigenvalue weighted by molar-refractivity contribution is 5.85. The van der Waals surface area contributed by atoms with Gasteiger partial charge in [0.15, 0.2) is 0 Å². The van der Waals surface area contributed by atoms with E-state index in [1.165, 1.54) is 6.92 Å². The van der Waals surface area contributed by atoms with Gasteiger partial charge in [-0.15, -0.1) is 12.4 Å². The van der Waals surface area contributed by atoms with Gasteiger partial charge < -0.3 is 5.32 Å². The Morgan fingerprint density at radius 3 is 1.95 bits per heavy atom. The number of benzene rings is 1. The molecule has 0 aliphatic rings. The molecule has 0 saturated heterocycles. The van der Waals surface area contributed by atoms with Crippen molar-refractivity contribution in [2.75, 3.05) is 0 Å². The molecule has 0 aromatic heterocycles. The summed E-state index contributed by atoms with van der Waals surface area (Å²) in [5.41, 5.74) is 0.666. The first-order valence-electron chi connectivity index (χ1n) is 5.95. The van der Waals surface area contributed by atoms with Crippen LogP contribution in [0.3, 0.4) is 0 Å². The van der Waals surface area contributed by atoms with E-state index in [2.05, 4.69) is 5.32 Å². The van der Waals surface area contributed by atoms with E-state index in [0.29, 0.717) is 5.56 Å². The molecule has 20 heavy (non-hydrogen) atoms. The molecule has 0 spiro atoms. The molecule has 0 heterocycles. The molecule has 1 N–H and O–H groups in total. The van der Waals surface area contributed by atoms with Gasteiger partial charge in [0.25, 0.3) is 0 Å². The number of alkyl halides is 5. The third kappa shape index (κ3) is 4.31. The summed E-state index contributed by atoms with van der Waals surface area (Å²) in [5, 5.41) is 2.36. The van der Waals surface area contributed by atoms with Gasteiger partial charge in [0, 0.05) is 6.04 Å². The zero-order valence-corrected chi connectivity index (χ0v) is 11.9. The van der Waals surface area contributed by atoms with Gasteiger partial charge in [-0.3, -0.25) is 0 Å². The second-order valence-electron chi connectivity index (χ2n) is 4.38. The van der Waals surface area contributed by atoms with E-state index in [1.54, 1.807) is 37.3 Å². The molecule has 0 radical (unpaired) electrons. The molecular formula is C13H17ClF5N. The second-order valence-corrected chi connectivity index (χ2v) is 4.38. The second kappa shape index (κ2) is 7.22. The smallest absolute Gasteiger partial charge is 0.302 e. The fraction of sp³-hybridized carbons (Fsp3) is 0.538. The van der Waals surface area contributed by atoms with Gasteiger partial charge in [0.2, 0.25) is 0 Å². The van der Waals surface area contributed by atoms with Crippen LogP contribution in [0.2, 0.25) is 0 Å². The molecule has 1 rings (SSSR count). The van der Waals surface area contributed by atoms with Crippen molar-refractivity contribution in [1.29, 1.82) is 0 Å². The summed E-state index contributed by atoms with van der Waals surface area (Å²) in [6, 6.07) is 5.98. The van der Waals surface area contributed by atoms with Crippen LogP contribution in [-0.4, -0.2) is 18.1 Å². The Morgan fingerprint density at radius 2 is 1.55 bits per heavy atom. The van der Waals surface area contributed by atoms with Crippen molar-refractivity contribution in [1.82, 2.24) is 5.32 Å². The zero-order chi connectivity index (χ0) is 14.7.